The normalized spacial score (nSPS) is 25.4. The van der Waals surface area contributed by atoms with Crippen LogP contribution in [0.3, 0.4) is 0 Å². The van der Waals surface area contributed by atoms with Gasteiger partial charge in [0.25, 0.3) is 0 Å². The van der Waals surface area contributed by atoms with Crippen molar-refractivity contribution >= 4 is 5.82 Å². The lowest BCUT2D eigenvalue weighted by Crippen LogP contribution is -2.33. The van der Waals surface area contributed by atoms with Crippen LogP contribution in [0.1, 0.15) is 32.4 Å². The minimum absolute atomic E-state index is 0.302. The van der Waals surface area contributed by atoms with Crippen molar-refractivity contribution in [1.82, 2.24) is 10.2 Å². The van der Waals surface area contributed by atoms with E-state index in [2.05, 4.69) is 10.2 Å². The largest absolute Gasteiger partial charge is 0.435 e. The van der Waals surface area contributed by atoms with E-state index in [0.29, 0.717) is 17.9 Å². The van der Waals surface area contributed by atoms with E-state index in [4.69, 9.17) is 0 Å². The first-order chi connectivity index (χ1) is 7.89. The second-order valence-corrected chi connectivity index (χ2v) is 4.46. The molecule has 3 nitrogen and oxygen atoms in total. The molecule has 17 heavy (non-hydrogen) atoms. The molecule has 0 spiro atoms. The fraction of sp³-hybridized carbons (Fsp3) is 0.636. The van der Waals surface area contributed by atoms with Crippen molar-refractivity contribution in [3.8, 4) is 0 Å². The predicted octanol–water partition coefficient (Wildman–Crippen LogP) is 2.87. The summed E-state index contributed by atoms with van der Waals surface area (Å²) in [4.78, 5) is 2.02. The van der Waals surface area contributed by atoms with Crippen LogP contribution in [-0.4, -0.2) is 22.3 Å². The van der Waals surface area contributed by atoms with Crippen molar-refractivity contribution in [2.45, 2.75) is 44.9 Å². The molecule has 0 aromatic carbocycles. The lowest BCUT2D eigenvalue weighted by molar-refractivity contribution is -0.141. The number of nitrogens with zero attached hydrogens (tertiary/aromatic N) is 3. The fourth-order valence-electron chi connectivity index (χ4n) is 2.26. The minimum atomic E-state index is -4.42. The first-order valence-electron chi connectivity index (χ1n) is 5.59. The standard InChI is InChI=1S/C11H14F3N3/c1-7-3-4-8(2)17(7)10-6-5-9(15-16-10)11(12,13)14/h5-8H,3-4H2,1-2H3. The molecule has 1 fully saturated rings. The molecule has 6 heteroatoms. The quantitative estimate of drug-likeness (QED) is 0.761. The van der Waals surface area contributed by atoms with Crippen LogP contribution in [0.4, 0.5) is 19.0 Å². The van der Waals surface area contributed by atoms with Gasteiger partial charge in [-0.1, -0.05) is 0 Å². The van der Waals surface area contributed by atoms with Crippen LogP contribution >= 0.6 is 0 Å². The smallest absolute Gasteiger partial charge is 0.350 e. The number of anilines is 1. The topological polar surface area (TPSA) is 29.0 Å². The number of alkyl halides is 3. The maximum atomic E-state index is 12.3. The highest BCUT2D eigenvalue weighted by Crippen LogP contribution is 2.31. The van der Waals surface area contributed by atoms with Gasteiger partial charge in [0, 0.05) is 12.1 Å². The summed E-state index contributed by atoms with van der Waals surface area (Å²) in [7, 11) is 0. The number of hydrogen-bond donors (Lipinski definition) is 0. The van der Waals surface area contributed by atoms with E-state index in [1.807, 2.05) is 18.7 Å². The lowest BCUT2D eigenvalue weighted by atomic mass is 10.2. The minimum Gasteiger partial charge on any atom is -0.350 e. The van der Waals surface area contributed by atoms with E-state index >= 15 is 0 Å². The summed E-state index contributed by atoms with van der Waals surface area (Å²) in [6.07, 6.45) is -2.36. The Kier molecular flexibility index (Phi) is 2.97. The molecule has 1 aliphatic heterocycles. The molecule has 0 aliphatic carbocycles. The number of rotatable bonds is 1. The van der Waals surface area contributed by atoms with Gasteiger partial charge in [0.2, 0.25) is 0 Å². The van der Waals surface area contributed by atoms with E-state index in [-0.39, 0.29) is 0 Å². The zero-order valence-electron chi connectivity index (χ0n) is 9.70. The Morgan fingerprint density at radius 3 is 2.12 bits per heavy atom. The molecule has 1 aromatic rings. The van der Waals surface area contributed by atoms with Gasteiger partial charge in [-0.25, -0.2) is 0 Å². The van der Waals surface area contributed by atoms with Crippen LogP contribution in [0.5, 0.6) is 0 Å². The van der Waals surface area contributed by atoms with Crippen molar-refractivity contribution < 1.29 is 13.2 Å². The Labute approximate surface area is 97.6 Å². The first-order valence-corrected chi connectivity index (χ1v) is 5.59. The maximum absolute atomic E-state index is 12.3. The van der Waals surface area contributed by atoms with Gasteiger partial charge in [0.15, 0.2) is 11.5 Å². The molecule has 2 unspecified atom stereocenters. The highest BCUT2D eigenvalue weighted by Gasteiger charge is 2.34. The third-order valence-electron chi connectivity index (χ3n) is 3.16. The summed E-state index contributed by atoms with van der Waals surface area (Å²) in [5.41, 5.74) is -0.944. The van der Waals surface area contributed by atoms with Crippen molar-refractivity contribution in [3.63, 3.8) is 0 Å². The number of halogens is 3. The van der Waals surface area contributed by atoms with Gasteiger partial charge in [0.1, 0.15) is 0 Å². The molecule has 1 saturated heterocycles. The summed E-state index contributed by atoms with van der Waals surface area (Å²) in [6, 6.07) is 2.99. The van der Waals surface area contributed by atoms with E-state index in [1.165, 1.54) is 6.07 Å². The molecular formula is C11H14F3N3. The SMILES string of the molecule is CC1CCC(C)N1c1ccc(C(F)(F)F)nn1. The molecule has 0 amide bonds. The van der Waals surface area contributed by atoms with Gasteiger partial charge in [-0.3, -0.25) is 0 Å². The Balaban J connectivity index is 2.24. The molecule has 2 rings (SSSR count). The molecule has 0 bridgehead atoms. The van der Waals surface area contributed by atoms with Gasteiger partial charge >= 0.3 is 6.18 Å². The van der Waals surface area contributed by atoms with Gasteiger partial charge in [0.05, 0.1) is 0 Å². The van der Waals surface area contributed by atoms with Crippen molar-refractivity contribution in [2.24, 2.45) is 0 Å². The second-order valence-electron chi connectivity index (χ2n) is 4.46. The summed E-state index contributed by atoms with van der Waals surface area (Å²) in [6.45, 7) is 4.09. The van der Waals surface area contributed by atoms with Gasteiger partial charge < -0.3 is 4.90 Å². The average molecular weight is 245 g/mol. The van der Waals surface area contributed by atoms with Gasteiger partial charge in [-0.05, 0) is 38.8 Å². The van der Waals surface area contributed by atoms with Crippen molar-refractivity contribution in [2.75, 3.05) is 4.90 Å². The van der Waals surface area contributed by atoms with Crippen LogP contribution in [0.2, 0.25) is 0 Å². The molecule has 1 aliphatic rings. The Morgan fingerprint density at radius 1 is 1.12 bits per heavy atom. The van der Waals surface area contributed by atoms with Crippen LogP contribution in [0.15, 0.2) is 12.1 Å². The van der Waals surface area contributed by atoms with Gasteiger partial charge in [-0.15, -0.1) is 10.2 Å². The van der Waals surface area contributed by atoms with Crippen molar-refractivity contribution in [3.05, 3.63) is 17.8 Å². The summed E-state index contributed by atoms with van der Waals surface area (Å²) in [5.74, 6) is 0.524. The third kappa shape index (κ3) is 2.35. The molecule has 0 radical (unpaired) electrons. The molecule has 2 atom stereocenters. The van der Waals surface area contributed by atoms with Crippen LogP contribution in [-0.2, 0) is 6.18 Å². The molecule has 0 N–H and O–H groups in total. The van der Waals surface area contributed by atoms with Gasteiger partial charge in [-0.2, -0.15) is 13.2 Å². The Hall–Kier alpha value is -1.33. The third-order valence-corrected chi connectivity index (χ3v) is 3.16. The molecule has 0 saturated carbocycles. The van der Waals surface area contributed by atoms with Crippen LogP contribution < -0.4 is 4.90 Å². The molecule has 1 aromatic heterocycles. The average Bonchev–Trinajstić information content (AvgIpc) is 2.58. The summed E-state index contributed by atoms with van der Waals surface area (Å²) in [5, 5.41) is 6.93. The molecule has 2 heterocycles. The Morgan fingerprint density at radius 2 is 1.71 bits per heavy atom. The maximum Gasteiger partial charge on any atom is 0.435 e. The lowest BCUT2D eigenvalue weighted by Gasteiger charge is -2.26. The molecule has 94 valence electrons. The first kappa shape index (κ1) is 12.1. The summed E-state index contributed by atoms with van der Waals surface area (Å²) < 4.78 is 37.0. The summed E-state index contributed by atoms with van der Waals surface area (Å²) >= 11 is 0. The Bertz CT molecular complexity index is 378. The highest BCUT2D eigenvalue weighted by molar-refractivity contribution is 5.41. The van der Waals surface area contributed by atoms with E-state index < -0.39 is 11.9 Å². The van der Waals surface area contributed by atoms with Crippen LogP contribution in [0, 0.1) is 0 Å². The van der Waals surface area contributed by atoms with Crippen molar-refractivity contribution in [1.29, 1.82) is 0 Å². The number of aromatic nitrogens is 2. The second kappa shape index (κ2) is 4.16. The predicted molar refractivity (Wildman–Crippen MR) is 57.7 cm³/mol. The fourth-order valence-corrected chi connectivity index (χ4v) is 2.26. The highest BCUT2D eigenvalue weighted by atomic mass is 19.4. The zero-order valence-corrected chi connectivity index (χ0v) is 9.70. The van der Waals surface area contributed by atoms with E-state index in [1.54, 1.807) is 0 Å². The monoisotopic (exact) mass is 245 g/mol. The van der Waals surface area contributed by atoms with E-state index in [0.717, 1.165) is 18.9 Å². The van der Waals surface area contributed by atoms with Crippen LogP contribution in [0.25, 0.3) is 0 Å². The number of hydrogen-bond acceptors (Lipinski definition) is 3. The zero-order chi connectivity index (χ0) is 12.6. The molecular weight excluding hydrogens is 231 g/mol. The van der Waals surface area contributed by atoms with E-state index in [9.17, 15) is 13.2 Å².